The van der Waals surface area contributed by atoms with Gasteiger partial charge in [-0.25, -0.2) is 0 Å². The van der Waals surface area contributed by atoms with Crippen LogP contribution in [0.1, 0.15) is 28.2 Å². The number of aromatic nitrogens is 1. The fraction of sp³-hybridized carbons (Fsp3) is 0.500. The molecule has 0 bridgehead atoms. The van der Waals surface area contributed by atoms with E-state index in [1.807, 2.05) is 24.8 Å². The third-order valence-electron chi connectivity index (χ3n) is 2.51. The fourth-order valence-electron chi connectivity index (χ4n) is 1.63. The molecular formula is C10H14N2O. The molecule has 0 radical (unpaired) electrons. The average molecular weight is 178 g/mol. The Balaban J connectivity index is 2.23. The van der Waals surface area contributed by atoms with Gasteiger partial charge in [0.1, 0.15) is 5.69 Å². The summed E-state index contributed by atoms with van der Waals surface area (Å²) < 4.78 is 0. The molecule has 0 spiro atoms. The molecule has 2 heterocycles. The quantitative estimate of drug-likeness (QED) is 0.694. The molecule has 3 nitrogen and oxygen atoms in total. The molecule has 1 aliphatic heterocycles. The molecule has 70 valence electrons. The van der Waals surface area contributed by atoms with Crippen molar-refractivity contribution in [1.82, 2.24) is 9.88 Å². The minimum absolute atomic E-state index is 0.150. The van der Waals surface area contributed by atoms with Gasteiger partial charge in [0.05, 0.1) is 0 Å². The first kappa shape index (κ1) is 8.35. The van der Waals surface area contributed by atoms with E-state index in [2.05, 4.69) is 4.98 Å². The molecular weight excluding hydrogens is 164 g/mol. The van der Waals surface area contributed by atoms with Gasteiger partial charge in [-0.1, -0.05) is 0 Å². The summed E-state index contributed by atoms with van der Waals surface area (Å²) in [5.41, 5.74) is 2.87. The van der Waals surface area contributed by atoms with E-state index in [1.54, 1.807) is 0 Å². The number of hydrogen-bond donors (Lipinski definition) is 1. The van der Waals surface area contributed by atoms with Crippen LogP contribution in [0.4, 0.5) is 0 Å². The van der Waals surface area contributed by atoms with Crippen molar-refractivity contribution < 1.29 is 4.79 Å². The number of aromatic amines is 1. The molecule has 0 unspecified atom stereocenters. The minimum atomic E-state index is 0.150. The molecule has 13 heavy (non-hydrogen) atoms. The van der Waals surface area contributed by atoms with E-state index in [4.69, 9.17) is 0 Å². The highest BCUT2D eigenvalue weighted by molar-refractivity contribution is 5.94. The summed E-state index contributed by atoms with van der Waals surface area (Å²) in [6.45, 7) is 5.77. The first-order valence-electron chi connectivity index (χ1n) is 4.64. The lowest BCUT2D eigenvalue weighted by Crippen LogP contribution is -2.42. The lowest BCUT2D eigenvalue weighted by molar-refractivity contribution is 0.0645. The summed E-state index contributed by atoms with van der Waals surface area (Å²) in [5.74, 6) is 0.150. The van der Waals surface area contributed by atoms with Crippen LogP contribution in [0.15, 0.2) is 6.07 Å². The number of rotatable bonds is 1. The van der Waals surface area contributed by atoms with Gasteiger partial charge in [-0.05, 0) is 31.9 Å². The van der Waals surface area contributed by atoms with Crippen molar-refractivity contribution in [2.24, 2.45) is 0 Å². The van der Waals surface area contributed by atoms with Gasteiger partial charge in [0.25, 0.3) is 5.91 Å². The van der Waals surface area contributed by atoms with Crippen LogP contribution in [0.2, 0.25) is 0 Å². The van der Waals surface area contributed by atoms with E-state index < -0.39 is 0 Å². The Bertz CT molecular complexity index is 337. The molecule has 1 N–H and O–H groups in total. The SMILES string of the molecule is Cc1cc(C)c(C(=O)N2CCC2)[nH]1. The highest BCUT2D eigenvalue weighted by Gasteiger charge is 2.23. The minimum Gasteiger partial charge on any atom is -0.354 e. The van der Waals surface area contributed by atoms with Crippen molar-refractivity contribution in [2.45, 2.75) is 20.3 Å². The summed E-state index contributed by atoms with van der Waals surface area (Å²) in [6.07, 6.45) is 1.14. The summed E-state index contributed by atoms with van der Waals surface area (Å²) in [7, 11) is 0. The predicted octanol–water partition coefficient (Wildman–Crippen LogP) is 1.48. The van der Waals surface area contributed by atoms with Crippen molar-refractivity contribution in [3.63, 3.8) is 0 Å². The van der Waals surface area contributed by atoms with Crippen molar-refractivity contribution in [3.05, 3.63) is 23.0 Å². The Morgan fingerprint density at radius 3 is 2.54 bits per heavy atom. The topological polar surface area (TPSA) is 36.1 Å². The molecule has 2 rings (SSSR count). The molecule has 0 aromatic carbocycles. The number of nitrogens with zero attached hydrogens (tertiary/aromatic N) is 1. The largest absolute Gasteiger partial charge is 0.354 e. The van der Waals surface area contributed by atoms with Crippen LogP contribution < -0.4 is 0 Å². The Morgan fingerprint density at radius 2 is 2.15 bits per heavy atom. The van der Waals surface area contributed by atoms with E-state index >= 15 is 0 Å². The van der Waals surface area contributed by atoms with Crippen molar-refractivity contribution in [2.75, 3.05) is 13.1 Å². The van der Waals surface area contributed by atoms with Gasteiger partial charge in [-0.15, -0.1) is 0 Å². The molecule has 1 saturated heterocycles. The van der Waals surface area contributed by atoms with Gasteiger partial charge >= 0.3 is 0 Å². The van der Waals surface area contributed by atoms with E-state index in [0.29, 0.717) is 0 Å². The number of carbonyl (C=O) groups is 1. The standard InChI is InChI=1S/C10H14N2O/c1-7-6-8(2)11-9(7)10(13)12-4-3-5-12/h6,11H,3-5H2,1-2H3. The molecule has 1 aromatic rings. The summed E-state index contributed by atoms with van der Waals surface area (Å²) in [5, 5.41) is 0. The number of carbonyl (C=O) groups excluding carboxylic acids is 1. The Kier molecular flexibility index (Phi) is 1.87. The third-order valence-corrected chi connectivity index (χ3v) is 2.51. The lowest BCUT2D eigenvalue weighted by atomic mass is 10.1. The van der Waals surface area contributed by atoms with E-state index in [1.165, 1.54) is 0 Å². The molecule has 0 aliphatic carbocycles. The number of aryl methyl sites for hydroxylation is 2. The maximum Gasteiger partial charge on any atom is 0.270 e. The van der Waals surface area contributed by atoms with Crippen LogP contribution in [-0.2, 0) is 0 Å². The second kappa shape index (κ2) is 2.91. The summed E-state index contributed by atoms with van der Waals surface area (Å²) in [6, 6.07) is 2.01. The van der Waals surface area contributed by atoms with Gasteiger partial charge in [0, 0.05) is 18.8 Å². The third kappa shape index (κ3) is 1.34. The van der Waals surface area contributed by atoms with Gasteiger partial charge in [-0.2, -0.15) is 0 Å². The molecule has 1 aromatic heterocycles. The van der Waals surface area contributed by atoms with Crippen LogP contribution >= 0.6 is 0 Å². The summed E-state index contributed by atoms with van der Waals surface area (Å²) in [4.78, 5) is 16.7. The molecule has 1 amide bonds. The lowest BCUT2D eigenvalue weighted by Gasteiger charge is -2.30. The maximum absolute atomic E-state index is 11.8. The fourth-order valence-corrected chi connectivity index (χ4v) is 1.63. The van der Waals surface area contributed by atoms with Gasteiger partial charge < -0.3 is 9.88 Å². The normalized spacial score (nSPS) is 15.7. The second-order valence-electron chi connectivity index (χ2n) is 3.66. The van der Waals surface area contributed by atoms with E-state index in [-0.39, 0.29) is 5.91 Å². The van der Waals surface area contributed by atoms with Gasteiger partial charge in [0.2, 0.25) is 0 Å². The van der Waals surface area contributed by atoms with Gasteiger partial charge in [-0.3, -0.25) is 4.79 Å². The smallest absolute Gasteiger partial charge is 0.270 e. The zero-order chi connectivity index (χ0) is 9.42. The van der Waals surface area contributed by atoms with Crippen LogP contribution in [0.3, 0.4) is 0 Å². The van der Waals surface area contributed by atoms with Crippen LogP contribution in [-0.4, -0.2) is 28.9 Å². The highest BCUT2D eigenvalue weighted by atomic mass is 16.2. The van der Waals surface area contributed by atoms with E-state index in [0.717, 1.165) is 36.5 Å². The first-order valence-corrected chi connectivity index (χ1v) is 4.64. The van der Waals surface area contributed by atoms with Crippen LogP contribution in [0, 0.1) is 13.8 Å². The molecule has 1 fully saturated rings. The average Bonchev–Trinajstić information content (AvgIpc) is 2.26. The maximum atomic E-state index is 11.8. The molecule has 0 saturated carbocycles. The van der Waals surface area contributed by atoms with Gasteiger partial charge in [0.15, 0.2) is 0 Å². The number of amides is 1. The van der Waals surface area contributed by atoms with Crippen LogP contribution in [0.5, 0.6) is 0 Å². The number of likely N-dealkylation sites (tertiary alicyclic amines) is 1. The molecule has 0 atom stereocenters. The molecule has 3 heteroatoms. The highest BCUT2D eigenvalue weighted by Crippen LogP contribution is 2.15. The Morgan fingerprint density at radius 1 is 1.46 bits per heavy atom. The van der Waals surface area contributed by atoms with Crippen molar-refractivity contribution in [1.29, 1.82) is 0 Å². The van der Waals surface area contributed by atoms with Crippen molar-refractivity contribution in [3.8, 4) is 0 Å². The first-order chi connectivity index (χ1) is 6.18. The number of H-pyrrole nitrogens is 1. The Labute approximate surface area is 77.7 Å². The summed E-state index contributed by atoms with van der Waals surface area (Å²) >= 11 is 0. The van der Waals surface area contributed by atoms with Crippen molar-refractivity contribution >= 4 is 5.91 Å². The zero-order valence-corrected chi connectivity index (χ0v) is 8.05. The Hall–Kier alpha value is -1.25. The van der Waals surface area contributed by atoms with Crippen LogP contribution in [0.25, 0.3) is 0 Å². The number of hydrogen-bond acceptors (Lipinski definition) is 1. The predicted molar refractivity (Wildman–Crippen MR) is 50.8 cm³/mol. The monoisotopic (exact) mass is 178 g/mol. The second-order valence-corrected chi connectivity index (χ2v) is 3.66. The molecule has 1 aliphatic rings. The van der Waals surface area contributed by atoms with E-state index in [9.17, 15) is 4.79 Å². The zero-order valence-electron chi connectivity index (χ0n) is 8.05. The number of nitrogens with one attached hydrogen (secondary N) is 1.